The van der Waals surface area contributed by atoms with Crippen LogP contribution in [0.5, 0.6) is 0 Å². The third-order valence-corrected chi connectivity index (χ3v) is 5.02. The summed E-state index contributed by atoms with van der Waals surface area (Å²) in [6.45, 7) is -0.453. The van der Waals surface area contributed by atoms with E-state index in [0.717, 1.165) is 4.88 Å². The van der Waals surface area contributed by atoms with Crippen LogP contribution in [0, 0.1) is 0 Å². The molecule has 3 rings (SSSR count). The molecule has 2 unspecified atom stereocenters. The van der Waals surface area contributed by atoms with Crippen molar-refractivity contribution in [2.45, 2.75) is 30.7 Å². The van der Waals surface area contributed by atoms with Crippen LogP contribution in [0.25, 0.3) is 0 Å². The fourth-order valence-corrected chi connectivity index (χ4v) is 3.48. The Kier molecular flexibility index (Phi) is 4.69. The third-order valence-electron chi connectivity index (χ3n) is 4.14. The maximum Gasteiger partial charge on any atom is 0.372 e. The topological polar surface area (TPSA) is 131 Å². The van der Waals surface area contributed by atoms with Gasteiger partial charge in [-0.1, -0.05) is 6.07 Å². The molecule has 11 heteroatoms. The molecule has 0 bridgehead atoms. The summed E-state index contributed by atoms with van der Waals surface area (Å²) in [5.74, 6) is -3.77. The Bertz CT molecular complexity index is 751. The van der Waals surface area contributed by atoms with Crippen LogP contribution in [0.3, 0.4) is 0 Å². The number of nitrogens with one attached hydrogen (secondary N) is 1. The van der Waals surface area contributed by atoms with Gasteiger partial charge in [0, 0.05) is 18.4 Å². The molecule has 2 aliphatic heterocycles. The van der Waals surface area contributed by atoms with Gasteiger partial charge in [-0.3, -0.25) is 19.2 Å². The van der Waals surface area contributed by atoms with Crippen molar-refractivity contribution in [1.29, 1.82) is 0 Å². The zero-order valence-electron chi connectivity index (χ0n) is 13.7. The van der Waals surface area contributed by atoms with Crippen LogP contribution in [-0.2, 0) is 39.9 Å². The number of carbonyl (C=O) groups excluding carboxylic acids is 3. The summed E-state index contributed by atoms with van der Waals surface area (Å²) in [7, 11) is 1.18. The summed E-state index contributed by atoms with van der Waals surface area (Å²) in [6.07, 6.45) is -0.422. The van der Waals surface area contributed by atoms with Gasteiger partial charge in [0.2, 0.25) is 11.6 Å². The molecule has 0 aliphatic carbocycles. The minimum Gasteiger partial charge on any atom is -0.477 e. The molecule has 2 atom stereocenters. The molecule has 10 nitrogen and oxygen atoms in total. The lowest BCUT2D eigenvalue weighted by atomic mass is 10.1. The molecule has 2 N–H and O–H groups in total. The normalized spacial score (nSPS) is 28.3. The molecule has 2 fully saturated rings. The number of aliphatic carboxylic acids is 1. The van der Waals surface area contributed by atoms with E-state index in [1.165, 1.54) is 18.4 Å². The summed E-state index contributed by atoms with van der Waals surface area (Å²) < 4.78 is 10.0. The van der Waals surface area contributed by atoms with Crippen molar-refractivity contribution in [2.24, 2.45) is 0 Å². The number of carboxylic acid groups (broad SMARTS) is 1. The quantitative estimate of drug-likeness (QED) is 0.502. The van der Waals surface area contributed by atoms with Crippen molar-refractivity contribution in [3.05, 3.63) is 22.4 Å². The molecule has 3 heterocycles. The van der Waals surface area contributed by atoms with E-state index in [1.807, 2.05) is 5.38 Å². The minimum atomic E-state index is -2.27. The molecule has 0 aromatic carbocycles. The van der Waals surface area contributed by atoms with Gasteiger partial charge in [0.15, 0.2) is 0 Å². The van der Waals surface area contributed by atoms with Crippen LogP contribution in [0.2, 0.25) is 0 Å². The van der Waals surface area contributed by atoms with Crippen LogP contribution < -0.4 is 5.32 Å². The number of hydrogen-bond donors (Lipinski definition) is 2. The first-order valence-electron chi connectivity index (χ1n) is 7.64. The maximum absolute atomic E-state index is 12.8. The van der Waals surface area contributed by atoms with Gasteiger partial charge in [0.1, 0.15) is 6.61 Å². The molecule has 0 spiro atoms. The third kappa shape index (κ3) is 2.93. The molecule has 1 aromatic rings. The van der Waals surface area contributed by atoms with Crippen molar-refractivity contribution in [3.63, 3.8) is 0 Å². The van der Waals surface area contributed by atoms with Gasteiger partial charge >= 0.3 is 23.6 Å². The highest BCUT2D eigenvalue weighted by atomic mass is 32.1. The van der Waals surface area contributed by atoms with Crippen LogP contribution in [-0.4, -0.2) is 59.1 Å². The highest BCUT2D eigenvalue weighted by Crippen LogP contribution is 2.36. The molecule has 1 aromatic heterocycles. The highest BCUT2D eigenvalue weighted by Gasteiger charge is 2.63. The van der Waals surface area contributed by atoms with Crippen LogP contribution in [0.15, 0.2) is 17.5 Å². The second-order valence-electron chi connectivity index (χ2n) is 5.77. The number of hydroxylamine groups is 2. The van der Waals surface area contributed by atoms with Gasteiger partial charge in [0.05, 0.1) is 12.8 Å². The van der Waals surface area contributed by atoms with Gasteiger partial charge in [-0.15, -0.1) is 11.3 Å². The maximum atomic E-state index is 12.8. The number of rotatable bonds is 6. The fraction of sp³-hybridized carbons (Fsp3) is 0.467. The lowest BCUT2D eigenvalue weighted by Crippen LogP contribution is -2.62. The van der Waals surface area contributed by atoms with E-state index >= 15 is 0 Å². The molecule has 0 saturated carbocycles. The second-order valence-corrected chi connectivity index (χ2v) is 6.80. The fourth-order valence-electron chi connectivity index (χ4n) is 2.78. The van der Waals surface area contributed by atoms with Gasteiger partial charge < -0.3 is 19.9 Å². The van der Waals surface area contributed by atoms with Crippen molar-refractivity contribution in [3.8, 4) is 0 Å². The number of hydrogen-bond acceptors (Lipinski definition) is 8. The van der Waals surface area contributed by atoms with Crippen molar-refractivity contribution < 1.29 is 38.6 Å². The summed E-state index contributed by atoms with van der Waals surface area (Å²) in [5.41, 5.74) is -4.17. The Morgan fingerprint density at radius 1 is 1.46 bits per heavy atom. The number of esters is 1. The molecular weight excluding hydrogens is 368 g/mol. The minimum absolute atomic E-state index is 0.0229. The summed E-state index contributed by atoms with van der Waals surface area (Å²) >= 11 is 1.38. The van der Waals surface area contributed by atoms with E-state index in [-0.39, 0.29) is 19.3 Å². The molecule has 2 saturated heterocycles. The highest BCUT2D eigenvalue weighted by molar-refractivity contribution is 7.10. The van der Waals surface area contributed by atoms with Crippen molar-refractivity contribution >= 4 is 35.1 Å². The number of ether oxygens (including phenoxy) is 2. The SMILES string of the molecule is COC1(NC(=O)Cc2cccs2)CON(C2(C(=O)O)CCC(=O)O2)C1=O. The number of methoxy groups -OCH3 is 1. The predicted octanol–water partition coefficient (Wildman–Crippen LogP) is -0.359. The lowest BCUT2D eigenvalue weighted by molar-refractivity contribution is -0.256. The number of thiophene rings is 1. The van der Waals surface area contributed by atoms with Crippen LogP contribution in [0.4, 0.5) is 0 Å². The molecule has 2 amide bonds. The van der Waals surface area contributed by atoms with E-state index in [1.54, 1.807) is 12.1 Å². The Balaban J connectivity index is 1.79. The predicted molar refractivity (Wildman–Crippen MR) is 84.4 cm³/mol. The van der Waals surface area contributed by atoms with Gasteiger partial charge in [-0.25, -0.2) is 4.79 Å². The standard InChI is InChI=1S/C15H16N2O8S/c1-23-14(16-10(18)7-9-3-2-6-26-9)8-24-17(12(14)20)15(13(21)22)5-4-11(19)25-15/h2-3,6H,4-5,7-8H2,1H3,(H,16,18)(H,21,22). The second kappa shape index (κ2) is 6.67. The molecular formula is C15H16N2O8S. The first-order valence-corrected chi connectivity index (χ1v) is 8.52. The zero-order valence-corrected chi connectivity index (χ0v) is 14.5. The molecule has 0 radical (unpaired) electrons. The van der Waals surface area contributed by atoms with Crippen LogP contribution >= 0.6 is 11.3 Å². The zero-order chi connectivity index (χ0) is 18.9. The molecule has 26 heavy (non-hydrogen) atoms. The van der Waals surface area contributed by atoms with E-state index in [4.69, 9.17) is 14.3 Å². The summed E-state index contributed by atoms with van der Waals surface area (Å²) in [4.78, 5) is 54.1. The Morgan fingerprint density at radius 3 is 2.77 bits per heavy atom. The van der Waals surface area contributed by atoms with Gasteiger partial charge in [0.25, 0.3) is 0 Å². The van der Waals surface area contributed by atoms with Crippen molar-refractivity contribution in [2.75, 3.05) is 13.7 Å². The Labute approximate surface area is 151 Å². The molecule has 140 valence electrons. The smallest absolute Gasteiger partial charge is 0.372 e. The number of carbonyl (C=O) groups is 4. The van der Waals surface area contributed by atoms with E-state index in [2.05, 4.69) is 5.32 Å². The van der Waals surface area contributed by atoms with Crippen molar-refractivity contribution in [1.82, 2.24) is 10.4 Å². The molecule has 2 aliphatic rings. The summed E-state index contributed by atoms with van der Waals surface area (Å²) in [6, 6.07) is 3.55. The summed E-state index contributed by atoms with van der Waals surface area (Å²) in [5, 5.41) is 14.2. The Hall–Kier alpha value is -2.50. The largest absolute Gasteiger partial charge is 0.477 e. The first-order chi connectivity index (χ1) is 12.3. The first kappa shape index (κ1) is 18.3. The van der Waals surface area contributed by atoms with Gasteiger partial charge in [-0.05, 0) is 11.4 Å². The number of cyclic esters (lactones) is 1. The average Bonchev–Trinajstić information content (AvgIpc) is 3.30. The lowest BCUT2D eigenvalue weighted by Gasteiger charge is -2.31. The van der Waals surface area contributed by atoms with E-state index in [0.29, 0.717) is 5.06 Å². The number of nitrogens with zero attached hydrogens (tertiary/aromatic N) is 1. The number of amides is 2. The number of carboxylic acids is 1. The van der Waals surface area contributed by atoms with Crippen LogP contribution in [0.1, 0.15) is 17.7 Å². The van der Waals surface area contributed by atoms with Gasteiger partial charge in [-0.2, -0.15) is 5.06 Å². The van der Waals surface area contributed by atoms with E-state index in [9.17, 15) is 24.3 Å². The Morgan fingerprint density at radius 2 is 2.23 bits per heavy atom. The van der Waals surface area contributed by atoms with E-state index < -0.39 is 41.8 Å². The monoisotopic (exact) mass is 384 g/mol. The average molecular weight is 384 g/mol.